The van der Waals surface area contributed by atoms with E-state index in [2.05, 4.69) is 52.6 Å². The Morgan fingerprint density at radius 2 is 1.95 bits per heavy atom. The molecular formula is C20H34OSi. The van der Waals surface area contributed by atoms with Crippen LogP contribution in [0.5, 0.6) is 0 Å². The van der Waals surface area contributed by atoms with Crippen LogP contribution in [0.1, 0.15) is 52.9 Å². The zero-order valence-corrected chi connectivity index (χ0v) is 16.5. The van der Waals surface area contributed by atoms with Crippen LogP contribution in [-0.2, 0) is 4.74 Å². The van der Waals surface area contributed by atoms with Gasteiger partial charge in [-0.05, 0) is 48.9 Å². The normalized spacial score (nSPS) is 36.6. The zero-order chi connectivity index (χ0) is 16.2. The second kappa shape index (κ2) is 5.34. The van der Waals surface area contributed by atoms with Crippen LogP contribution in [0.4, 0.5) is 0 Å². The van der Waals surface area contributed by atoms with E-state index in [1.807, 2.05) is 0 Å². The summed E-state index contributed by atoms with van der Waals surface area (Å²) in [6, 6.07) is 0. The topological polar surface area (TPSA) is 9.23 Å². The van der Waals surface area contributed by atoms with Crippen LogP contribution >= 0.6 is 0 Å². The average Bonchev–Trinajstić information content (AvgIpc) is 3.03. The molecular weight excluding hydrogens is 284 g/mol. The lowest BCUT2D eigenvalue weighted by molar-refractivity contribution is -0.0872. The van der Waals surface area contributed by atoms with Crippen molar-refractivity contribution in [3.63, 3.8) is 0 Å². The van der Waals surface area contributed by atoms with Gasteiger partial charge in [0, 0.05) is 0 Å². The summed E-state index contributed by atoms with van der Waals surface area (Å²) in [5.41, 5.74) is 2.40. The van der Waals surface area contributed by atoms with Gasteiger partial charge in [0.2, 0.25) is 0 Å². The minimum atomic E-state index is -1.16. The third-order valence-electron chi connectivity index (χ3n) is 6.73. The summed E-state index contributed by atoms with van der Waals surface area (Å²) >= 11 is 0. The van der Waals surface area contributed by atoms with Crippen LogP contribution in [0.2, 0.25) is 19.6 Å². The van der Waals surface area contributed by atoms with Crippen LogP contribution in [0.25, 0.3) is 0 Å². The van der Waals surface area contributed by atoms with Gasteiger partial charge in [-0.15, -0.1) is 0 Å². The van der Waals surface area contributed by atoms with Crippen LogP contribution in [0, 0.1) is 16.7 Å². The van der Waals surface area contributed by atoms with Gasteiger partial charge in [0.1, 0.15) is 0 Å². The molecule has 3 aliphatic rings. The van der Waals surface area contributed by atoms with Gasteiger partial charge in [0.05, 0.1) is 20.8 Å². The lowest BCUT2D eigenvalue weighted by Gasteiger charge is -2.42. The predicted octanol–water partition coefficient (Wildman–Crippen LogP) is 5.74. The van der Waals surface area contributed by atoms with Crippen LogP contribution < -0.4 is 0 Å². The average molecular weight is 319 g/mol. The Hall–Kier alpha value is -0.343. The molecule has 0 amide bonds. The highest BCUT2D eigenvalue weighted by molar-refractivity contribution is 6.83. The molecule has 0 N–H and O–H groups in total. The summed E-state index contributed by atoms with van der Waals surface area (Å²) in [6.07, 6.45) is 11.7. The van der Waals surface area contributed by atoms with E-state index in [1.165, 1.54) is 25.7 Å². The number of hydrogen-bond donors (Lipinski definition) is 0. The van der Waals surface area contributed by atoms with Crippen molar-refractivity contribution in [2.75, 3.05) is 6.61 Å². The smallest absolute Gasteiger partial charge is 0.0732 e. The van der Waals surface area contributed by atoms with Crippen molar-refractivity contribution < 1.29 is 4.74 Å². The molecule has 2 fully saturated rings. The highest BCUT2D eigenvalue weighted by atomic mass is 28.3. The quantitative estimate of drug-likeness (QED) is 0.587. The summed E-state index contributed by atoms with van der Waals surface area (Å²) in [4.78, 5) is 0. The molecule has 0 spiro atoms. The third-order valence-corrected chi connectivity index (χ3v) is 9.06. The fourth-order valence-corrected chi connectivity index (χ4v) is 7.43. The number of allylic oxidation sites excluding steroid dienone is 3. The minimum Gasteiger partial charge on any atom is -0.377 e. The monoisotopic (exact) mass is 318 g/mol. The number of fused-ring (bicyclic) bond motifs is 2. The Bertz CT molecular complexity index is 504. The highest BCUT2D eigenvalue weighted by Crippen LogP contribution is 2.63. The molecule has 0 aromatic rings. The summed E-state index contributed by atoms with van der Waals surface area (Å²) in [6.45, 7) is 15.7. The largest absolute Gasteiger partial charge is 0.377 e. The van der Waals surface area contributed by atoms with Gasteiger partial charge in [-0.1, -0.05) is 63.3 Å². The number of ether oxygens (including phenoxy) is 1. The molecule has 3 atom stereocenters. The van der Waals surface area contributed by atoms with E-state index in [-0.39, 0.29) is 0 Å². The van der Waals surface area contributed by atoms with Crippen LogP contribution in [0.3, 0.4) is 0 Å². The molecule has 3 aliphatic carbocycles. The van der Waals surface area contributed by atoms with Crippen molar-refractivity contribution in [2.24, 2.45) is 16.7 Å². The van der Waals surface area contributed by atoms with E-state index in [1.54, 1.807) is 10.8 Å². The predicted molar refractivity (Wildman–Crippen MR) is 97.7 cm³/mol. The second-order valence-corrected chi connectivity index (χ2v) is 14.9. The van der Waals surface area contributed by atoms with E-state index in [4.69, 9.17) is 4.74 Å². The van der Waals surface area contributed by atoms with Gasteiger partial charge < -0.3 is 4.74 Å². The Labute approximate surface area is 138 Å². The highest BCUT2D eigenvalue weighted by Gasteiger charge is 2.59. The molecule has 2 bridgehead atoms. The van der Waals surface area contributed by atoms with Crippen molar-refractivity contribution in [1.82, 2.24) is 0 Å². The lowest BCUT2D eigenvalue weighted by atomic mass is 9.70. The number of hydrogen-bond acceptors (Lipinski definition) is 1. The first-order chi connectivity index (χ1) is 10.1. The fourth-order valence-electron chi connectivity index (χ4n) is 5.53. The first-order valence-electron chi connectivity index (χ1n) is 9.15. The molecule has 3 rings (SSSR count). The molecule has 0 saturated heterocycles. The van der Waals surface area contributed by atoms with Gasteiger partial charge in [-0.2, -0.15) is 0 Å². The van der Waals surface area contributed by atoms with Gasteiger partial charge in [0.15, 0.2) is 0 Å². The molecule has 0 aliphatic heterocycles. The lowest BCUT2D eigenvalue weighted by Crippen LogP contribution is -2.42. The zero-order valence-electron chi connectivity index (χ0n) is 15.5. The van der Waals surface area contributed by atoms with Crippen molar-refractivity contribution in [3.05, 3.63) is 22.9 Å². The maximum Gasteiger partial charge on any atom is 0.0732 e. The first kappa shape index (κ1) is 16.5. The summed E-state index contributed by atoms with van der Waals surface area (Å²) in [7, 11) is -1.16. The number of rotatable bonds is 5. The maximum atomic E-state index is 6.53. The molecule has 0 aromatic carbocycles. The Morgan fingerprint density at radius 3 is 2.55 bits per heavy atom. The van der Waals surface area contributed by atoms with Crippen LogP contribution in [0.15, 0.2) is 22.9 Å². The molecule has 0 radical (unpaired) electrons. The Morgan fingerprint density at radius 1 is 1.23 bits per heavy atom. The van der Waals surface area contributed by atoms with Gasteiger partial charge >= 0.3 is 0 Å². The molecule has 3 unspecified atom stereocenters. The van der Waals surface area contributed by atoms with Crippen molar-refractivity contribution in [1.29, 1.82) is 0 Å². The van der Waals surface area contributed by atoms with E-state index >= 15 is 0 Å². The summed E-state index contributed by atoms with van der Waals surface area (Å²) in [5.74, 6) is 0.880. The summed E-state index contributed by atoms with van der Waals surface area (Å²) < 4.78 is 6.53. The molecule has 124 valence electrons. The van der Waals surface area contributed by atoms with Gasteiger partial charge in [-0.3, -0.25) is 0 Å². The molecule has 1 nitrogen and oxygen atoms in total. The van der Waals surface area contributed by atoms with Crippen molar-refractivity contribution in [2.45, 2.75) is 78.6 Å². The molecule has 2 heteroatoms. The Kier molecular flexibility index (Phi) is 4.01. The maximum absolute atomic E-state index is 6.53. The van der Waals surface area contributed by atoms with Crippen LogP contribution in [-0.4, -0.2) is 20.8 Å². The minimum absolute atomic E-state index is 0.370. The van der Waals surface area contributed by atoms with E-state index < -0.39 is 8.07 Å². The van der Waals surface area contributed by atoms with Gasteiger partial charge in [-0.25, -0.2) is 0 Å². The molecule has 22 heavy (non-hydrogen) atoms. The SMILES string of the molecule is CC12CCC(C1)C(C)(C)C2OCCC1=C([Si](C)(C)C)CC=C1. The van der Waals surface area contributed by atoms with Crippen molar-refractivity contribution in [3.8, 4) is 0 Å². The summed E-state index contributed by atoms with van der Waals surface area (Å²) in [5, 5.41) is 1.74. The second-order valence-electron chi connectivity index (χ2n) is 9.78. The molecule has 0 heterocycles. The van der Waals surface area contributed by atoms with E-state index in [0.29, 0.717) is 16.9 Å². The van der Waals surface area contributed by atoms with Gasteiger partial charge in [0.25, 0.3) is 0 Å². The fraction of sp³-hybridized carbons (Fsp3) is 0.800. The first-order valence-corrected chi connectivity index (χ1v) is 12.7. The Balaban J connectivity index is 1.63. The molecule has 0 aromatic heterocycles. The van der Waals surface area contributed by atoms with E-state index in [0.717, 1.165) is 18.9 Å². The van der Waals surface area contributed by atoms with Crippen molar-refractivity contribution >= 4 is 8.07 Å². The third kappa shape index (κ3) is 2.67. The van der Waals surface area contributed by atoms with E-state index in [9.17, 15) is 0 Å². The molecule has 2 saturated carbocycles. The standard InChI is InChI=1S/C20H34OSi/c1-19(2)16-10-12-20(3,14-16)18(19)21-13-11-15-8-7-9-17(15)22(4,5)6/h7-8,16,18H,9-14H2,1-6H3.